The van der Waals surface area contributed by atoms with Gasteiger partial charge in [-0.3, -0.25) is 4.79 Å². The zero-order valence-corrected chi connectivity index (χ0v) is 11.5. The van der Waals surface area contributed by atoms with Gasteiger partial charge >= 0.3 is 0 Å². The first-order valence-electron chi connectivity index (χ1n) is 5.87. The van der Waals surface area contributed by atoms with Crippen LogP contribution in [-0.2, 0) is 5.41 Å². The van der Waals surface area contributed by atoms with E-state index in [2.05, 4.69) is 25.8 Å². The van der Waals surface area contributed by atoms with E-state index in [0.29, 0.717) is 0 Å². The molecule has 2 aromatic rings. The van der Waals surface area contributed by atoms with Gasteiger partial charge in [0.2, 0.25) is 5.56 Å². The van der Waals surface area contributed by atoms with Gasteiger partial charge in [-0.1, -0.05) is 44.5 Å². The summed E-state index contributed by atoms with van der Waals surface area (Å²) in [7, 11) is 0. The Morgan fingerprint density at radius 2 is 1.72 bits per heavy atom. The Bertz CT molecular complexity index is 603. The molecule has 0 fully saturated rings. The summed E-state index contributed by atoms with van der Waals surface area (Å²) in [5, 5.41) is 0.756. The van der Waals surface area contributed by atoms with Crippen LogP contribution in [0.2, 0.25) is 5.02 Å². The van der Waals surface area contributed by atoms with Crippen LogP contribution in [0.3, 0.4) is 0 Å². The van der Waals surface area contributed by atoms with Crippen molar-refractivity contribution in [3.63, 3.8) is 0 Å². The number of rotatable bonds is 1. The third-order valence-electron chi connectivity index (χ3n) is 2.89. The third-order valence-corrected chi connectivity index (χ3v) is 3.21. The van der Waals surface area contributed by atoms with Crippen LogP contribution in [-0.4, -0.2) is 4.98 Å². The second-order valence-corrected chi connectivity index (χ2v) is 5.79. The topological polar surface area (TPSA) is 32.9 Å². The summed E-state index contributed by atoms with van der Waals surface area (Å²) < 4.78 is 0. The Labute approximate surface area is 112 Å². The van der Waals surface area contributed by atoms with E-state index in [1.165, 1.54) is 6.07 Å². The Kier molecular flexibility index (Phi) is 3.31. The molecule has 0 unspecified atom stereocenters. The fourth-order valence-corrected chi connectivity index (χ4v) is 2.36. The summed E-state index contributed by atoms with van der Waals surface area (Å²) >= 11 is 6.32. The van der Waals surface area contributed by atoms with Crippen LogP contribution in [0.5, 0.6) is 0 Å². The molecule has 1 N–H and O–H groups in total. The highest BCUT2D eigenvalue weighted by molar-refractivity contribution is 6.31. The van der Waals surface area contributed by atoms with E-state index in [1.807, 2.05) is 18.2 Å². The Morgan fingerprint density at radius 1 is 1.06 bits per heavy atom. The molecule has 0 aliphatic carbocycles. The van der Waals surface area contributed by atoms with Crippen molar-refractivity contribution in [2.24, 2.45) is 0 Å². The first-order chi connectivity index (χ1) is 8.38. The second-order valence-electron chi connectivity index (χ2n) is 5.39. The van der Waals surface area contributed by atoms with Crippen LogP contribution in [0.15, 0.2) is 41.3 Å². The maximum Gasteiger partial charge on any atom is 0.247 e. The molecule has 0 aliphatic heterocycles. The molecule has 94 valence electrons. The van der Waals surface area contributed by atoms with Crippen LogP contribution in [0.25, 0.3) is 11.1 Å². The highest BCUT2D eigenvalue weighted by Crippen LogP contribution is 2.32. The molecule has 0 saturated carbocycles. The van der Waals surface area contributed by atoms with Gasteiger partial charge in [0.15, 0.2) is 0 Å². The largest absolute Gasteiger partial charge is 0.328 e. The fraction of sp³-hybridized carbons (Fsp3) is 0.267. The Morgan fingerprint density at radius 3 is 2.22 bits per heavy atom. The van der Waals surface area contributed by atoms with Crippen LogP contribution in [0, 0.1) is 0 Å². The minimum Gasteiger partial charge on any atom is -0.328 e. The predicted molar refractivity (Wildman–Crippen MR) is 76.2 cm³/mol. The van der Waals surface area contributed by atoms with Crippen molar-refractivity contribution < 1.29 is 0 Å². The lowest BCUT2D eigenvalue weighted by Gasteiger charge is -2.21. The number of halogens is 1. The number of pyridine rings is 1. The monoisotopic (exact) mass is 261 g/mol. The lowest BCUT2D eigenvalue weighted by Crippen LogP contribution is -2.11. The summed E-state index contributed by atoms with van der Waals surface area (Å²) in [6, 6.07) is 9.32. The van der Waals surface area contributed by atoms with Gasteiger partial charge in [0.05, 0.1) is 0 Å². The quantitative estimate of drug-likeness (QED) is 0.827. The predicted octanol–water partition coefficient (Wildman–Crippen LogP) is 3.99. The normalized spacial score (nSPS) is 11.6. The van der Waals surface area contributed by atoms with E-state index in [4.69, 9.17) is 11.6 Å². The summed E-state index contributed by atoms with van der Waals surface area (Å²) in [6.07, 6.45) is 1.70. The number of aromatic nitrogens is 1. The van der Waals surface area contributed by atoms with Crippen molar-refractivity contribution in [3.05, 3.63) is 57.5 Å². The summed E-state index contributed by atoms with van der Waals surface area (Å²) in [5.74, 6) is 0. The molecule has 2 nitrogen and oxygen atoms in total. The average molecular weight is 262 g/mol. The van der Waals surface area contributed by atoms with E-state index in [0.717, 1.165) is 21.7 Å². The molecule has 0 bridgehead atoms. The highest BCUT2D eigenvalue weighted by Gasteiger charge is 2.17. The minimum atomic E-state index is -0.101. The lowest BCUT2D eigenvalue weighted by molar-refractivity contribution is 0.590. The van der Waals surface area contributed by atoms with Crippen molar-refractivity contribution in [2.45, 2.75) is 26.2 Å². The van der Waals surface area contributed by atoms with Crippen LogP contribution in [0.1, 0.15) is 26.3 Å². The van der Waals surface area contributed by atoms with Gasteiger partial charge in [0, 0.05) is 17.3 Å². The summed E-state index contributed by atoms with van der Waals surface area (Å²) in [4.78, 5) is 13.7. The molecule has 1 aromatic heterocycles. The van der Waals surface area contributed by atoms with Crippen molar-refractivity contribution in [1.82, 2.24) is 4.98 Å². The van der Waals surface area contributed by atoms with Crippen LogP contribution >= 0.6 is 11.6 Å². The van der Waals surface area contributed by atoms with Gasteiger partial charge in [0.1, 0.15) is 0 Å². The maximum absolute atomic E-state index is 11.0. The Hall–Kier alpha value is -1.54. The van der Waals surface area contributed by atoms with Crippen molar-refractivity contribution in [1.29, 1.82) is 0 Å². The van der Waals surface area contributed by atoms with E-state index in [9.17, 15) is 4.79 Å². The number of nitrogens with one attached hydrogen (secondary N) is 1. The molecule has 1 heterocycles. The average Bonchev–Trinajstić information content (AvgIpc) is 2.28. The van der Waals surface area contributed by atoms with E-state index in [-0.39, 0.29) is 11.0 Å². The van der Waals surface area contributed by atoms with E-state index in [1.54, 1.807) is 12.3 Å². The number of aromatic amines is 1. The van der Waals surface area contributed by atoms with Crippen LogP contribution < -0.4 is 5.56 Å². The summed E-state index contributed by atoms with van der Waals surface area (Å²) in [6.45, 7) is 6.40. The van der Waals surface area contributed by atoms with Gasteiger partial charge in [-0.2, -0.15) is 0 Å². The molecule has 18 heavy (non-hydrogen) atoms. The molecule has 0 saturated heterocycles. The molecule has 0 radical (unpaired) electrons. The van der Waals surface area contributed by atoms with Gasteiger partial charge < -0.3 is 4.98 Å². The van der Waals surface area contributed by atoms with Gasteiger partial charge in [-0.15, -0.1) is 0 Å². The van der Waals surface area contributed by atoms with Crippen molar-refractivity contribution in [3.8, 4) is 11.1 Å². The van der Waals surface area contributed by atoms with Gasteiger partial charge in [0.25, 0.3) is 0 Å². The zero-order valence-electron chi connectivity index (χ0n) is 10.8. The summed E-state index contributed by atoms with van der Waals surface area (Å²) in [5.41, 5.74) is 3.01. The number of H-pyrrole nitrogens is 1. The van der Waals surface area contributed by atoms with E-state index >= 15 is 0 Å². The first-order valence-corrected chi connectivity index (χ1v) is 6.25. The molecular weight excluding hydrogens is 246 g/mol. The van der Waals surface area contributed by atoms with Gasteiger partial charge in [-0.05, 0) is 34.2 Å². The first kappa shape index (κ1) is 12.9. The third kappa shape index (κ3) is 2.65. The van der Waals surface area contributed by atoms with Crippen LogP contribution in [0.4, 0.5) is 0 Å². The molecule has 2 rings (SSSR count). The molecule has 3 heteroatoms. The maximum atomic E-state index is 11.0. The standard InChI is InChI=1S/C15H16ClNO/c1-15(2,3)12-6-4-10(8-13(12)16)11-5-7-14(18)17-9-11/h4-9H,1-3H3,(H,17,18). The minimum absolute atomic E-state index is 0.0284. The fourth-order valence-electron chi connectivity index (χ4n) is 1.89. The molecular formula is C15H16ClNO. The molecule has 0 aliphatic rings. The highest BCUT2D eigenvalue weighted by atomic mass is 35.5. The number of hydrogen-bond donors (Lipinski definition) is 1. The molecule has 0 spiro atoms. The molecule has 0 atom stereocenters. The number of hydrogen-bond acceptors (Lipinski definition) is 1. The zero-order chi connectivity index (χ0) is 13.3. The van der Waals surface area contributed by atoms with E-state index < -0.39 is 0 Å². The molecule has 1 aromatic carbocycles. The lowest BCUT2D eigenvalue weighted by atomic mass is 9.86. The molecule has 0 amide bonds. The van der Waals surface area contributed by atoms with Crippen molar-refractivity contribution in [2.75, 3.05) is 0 Å². The second kappa shape index (κ2) is 4.62. The van der Waals surface area contributed by atoms with Gasteiger partial charge in [-0.25, -0.2) is 0 Å². The number of benzene rings is 1. The Balaban J connectivity index is 2.46. The van der Waals surface area contributed by atoms with Crippen molar-refractivity contribution >= 4 is 11.6 Å². The SMILES string of the molecule is CC(C)(C)c1ccc(-c2ccc(=O)[nH]c2)cc1Cl. The smallest absolute Gasteiger partial charge is 0.247 e.